The minimum absolute atomic E-state index is 0.0474. The van der Waals surface area contributed by atoms with Crippen LogP contribution in [0.2, 0.25) is 0 Å². The van der Waals surface area contributed by atoms with E-state index >= 15 is 0 Å². The zero-order valence-electron chi connectivity index (χ0n) is 11.9. The first-order valence-electron chi connectivity index (χ1n) is 7.09. The number of esters is 1. The summed E-state index contributed by atoms with van der Waals surface area (Å²) in [6, 6.07) is 9.01. The Morgan fingerprint density at radius 1 is 1.35 bits per heavy atom. The van der Waals surface area contributed by atoms with Crippen LogP contribution in [0.3, 0.4) is 0 Å². The number of rotatable bonds is 3. The van der Waals surface area contributed by atoms with E-state index in [0.29, 0.717) is 18.1 Å². The lowest BCUT2D eigenvalue weighted by Gasteiger charge is -2.21. The van der Waals surface area contributed by atoms with Crippen LogP contribution < -0.4 is 0 Å². The second-order valence-electron chi connectivity index (χ2n) is 6.17. The highest BCUT2D eigenvalue weighted by molar-refractivity contribution is 5.89. The maximum absolute atomic E-state index is 11.8. The minimum atomic E-state index is -0.299. The van der Waals surface area contributed by atoms with Gasteiger partial charge in [0.05, 0.1) is 17.3 Å². The lowest BCUT2D eigenvalue weighted by atomic mass is 9.94. The molecular formula is C16H20O4. The summed E-state index contributed by atoms with van der Waals surface area (Å²) in [5.74, 6) is 0.123. The second kappa shape index (κ2) is 5.19. The number of ether oxygens (including phenoxy) is 3. The Kier molecular flexibility index (Phi) is 3.52. The van der Waals surface area contributed by atoms with Crippen molar-refractivity contribution in [3.05, 3.63) is 35.9 Å². The molecule has 2 aliphatic heterocycles. The largest absolute Gasteiger partial charge is 0.459 e. The first-order valence-corrected chi connectivity index (χ1v) is 7.09. The molecule has 1 aromatic rings. The van der Waals surface area contributed by atoms with Gasteiger partial charge in [-0.15, -0.1) is 0 Å². The third-order valence-electron chi connectivity index (χ3n) is 3.88. The van der Waals surface area contributed by atoms with Gasteiger partial charge in [-0.05, 0) is 38.8 Å². The van der Waals surface area contributed by atoms with Crippen LogP contribution in [0.1, 0.15) is 37.0 Å². The Morgan fingerprint density at radius 2 is 2.10 bits per heavy atom. The van der Waals surface area contributed by atoms with Crippen molar-refractivity contribution in [2.75, 3.05) is 6.61 Å². The van der Waals surface area contributed by atoms with Crippen molar-refractivity contribution in [1.82, 2.24) is 0 Å². The lowest BCUT2D eigenvalue weighted by molar-refractivity contribution is -0.168. The van der Waals surface area contributed by atoms with E-state index in [0.717, 1.165) is 12.8 Å². The van der Waals surface area contributed by atoms with Crippen LogP contribution in [0.25, 0.3) is 0 Å². The van der Waals surface area contributed by atoms with Crippen molar-refractivity contribution < 1.29 is 19.0 Å². The molecule has 2 aliphatic rings. The molecule has 2 fully saturated rings. The molecule has 0 aliphatic carbocycles. The fraction of sp³-hybridized carbons (Fsp3) is 0.562. The summed E-state index contributed by atoms with van der Waals surface area (Å²) >= 11 is 0. The smallest absolute Gasteiger partial charge is 0.338 e. The van der Waals surface area contributed by atoms with Crippen molar-refractivity contribution >= 4 is 5.97 Å². The van der Waals surface area contributed by atoms with Crippen molar-refractivity contribution in [2.24, 2.45) is 5.92 Å². The number of hydrogen-bond acceptors (Lipinski definition) is 4. The Hall–Kier alpha value is -1.39. The second-order valence-corrected chi connectivity index (χ2v) is 6.17. The molecular weight excluding hydrogens is 256 g/mol. The van der Waals surface area contributed by atoms with Gasteiger partial charge in [0.2, 0.25) is 0 Å². The highest BCUT2D eigenvalue weighted by Crippen LogP contribution is 2.42. The average molecular weight is 276 g/mol. The summed E-state index contributed by atoms with van der Waals surface area (Å²) < 4.78 is 16.9. The van der Waals surface area contributed by atoms with Gasteiger partial charge in [-0.1, -0.05) is 18.2 Å². The van der Waals surface area contributed by atoms with Crippen LogP contribution in [0.5, 0.6) is 0 Å². The molecule has 2 saturated heterocycles. The quantitative estimate of drug-likeness (QED) is 0.796. The van der Waals surface area contributed by atoms with Gasteiger partial charge >= 0.3 is 5.97 Å². The summed E-state index contributed by atoms with van der Waals surface area (Å²) in [5.41, 5.74) is 0.476. The van der Waals surface area contributed by atoms with Crippen LogP contribution in [-0.4, -0.2) is 30.6 Å². The van der Waals surface area contributed by atoms with Crippen LogP contribution >= 0.6 is 0 Å². The first-order chi connectivity index (χ1) is 9.53. The molecule has 20 heavy (non-hydrogen) atoms. The minimum Gasteiger partial charge on any atom is -0.459 e. The summed E-state index contributed by atoms with van der Waals surface area (Å²) in [6.07, 6.45) is 1.72. The normalized spacial score (nSPS) is 31.0. The van der Waals surface area contributed by atoms with Gasteiger partial charge in [0.15, 0.2) is 6.29 Å². The van der Waals surface area contributed by atoms with E-state index in [1.54, 1.807) is 12.1 Å². The zero-order valence-corrected chi connectivity index (χ0v) is 11.9. The van der Waals surface area contributed by atoms with Gasteiger partial charge in [0.25, 0.3) is 0 Å². The van der Waals surface area contributed by atoms with Crippen LogP contribution in [-0.2, 0) is 14.2 Å². The third-order valence-corrected chi connectivity index (χ3v) is 3.88. The van der Waals surface area contributed by atoms with E-state index < -0.39 is 0 Å². The third kappa shape index (κ3) is 2.86. The number of carbonyl (C=O) groups is 1. The monoisotopic (exact) mass is 276 g/mol. The van der Waals surface area contributed by atoms with E-state index in [9.17, 15) is 4.79 Å². The maximum atomic E-state index is 11.8. The molecule has 0 aromatic heterocycles. The van der Waals surface area contributed by atoms with Gasteiger partial charge < -0.3 is 14.2 Å². The van der Waals surface area contributed by atoms with Gasteiger partial charge in [-0.25, -0.2) is 4.79 Å². The summed E-state index contributed by atoms with van der Waals surface area (Å²) in [7, 11) is 0. The summed E-state index contributed by atoms with van der Waals surface area (Å²) in [5, 5.41) is 0. The lowest BCUT2D eigenvalue weighted by Crippen LogP contribution is -2.25. The van der Waals surface area contributed by atoms with Crippen LogP contribution in [0, 0.1) is 5.92 Å². The summed E-state index contributed by atoms with van der Waals surface area (Å²) in [6.45, 7) is 4.46. The maximum Gasteiger partial charge on any atom is 0.338 e. The van der Waals surface area contributed by atoms with E-state index in [4.69, 9.17) is 14.2 Å². The molecule has 2 heterocycles. The van der Waals surface area contributed by atoms with Crippen molar-refractivity contribution in [3.8, 4) is 0 Å². The standard InChI is InChI=1S/C16H20O4/c1-16(2)9-12-8-13(19-15(12)20-16)10-18-14(17)11-6-4-3-5-7-11/h3-7,12-13,15H,8-10H2,1-2H3/t12-,13-,15+/m0/s1. The zero-order chi connectivity index (χ0) is 14.2. The highest BCUT2D eigenvalue weighted by Gasteiger charge is 2.47. The average Bonchev–Trinajstić information content (AvgIpc) is 2.90. The molecule has 0 radical (unpaired) electrons. The first kappa shape index (κ1) is 13.6. The predicted octanol–water partition coefficient (Wildman–Crippen LogP) is 2.77. The number of carbonyl (C=O) groups excluding carboxylic acids is 1. The molecule has 4 nitrogen and oxygen atoms in total. The fourth-order valence-electron chi connectivity index (χ4n) is 3.04. The van der Waals surface area contributed by atoms with E-state index in [1.165, 1.54) is 0 Å². The molecule has 0 spiro atoms. The topological polar surface area (TPSA) is 44.8 Å². The van der Waals surface area contributed by atoms with Crippen molar-refractivity contribution in [2.45, 2.75) is 44.7 Å². The van der Waals surface area contributed by atoms with E-state index in [-0.39, 0.29) is 24.0 Å². The van der Waals surface area contributed by atoms with E-state index in [2.05, 4.69) is 13.8 Å². The molecule has 3 rings (SSSR count). The molecule has 0 N–H and O–H groups in total. The Balaban J connectivity index is 1.49. The van der Waals surface area contributed by atoms with Crippen LogP contribution in [0.15, 0.2) is 30.3 Å². The number of benzene rings is 1. The van der Waals surface area contributed by atoms with Gasteiger partial charge in [-0.3, -0.25) is 0 Å². The predicted molar refractivity (Wildman–Crippen MR) is 73.3 cm³/mol. The molecule has 108 valence electrons. The summed E-state index contributed by atoms with van der Waals surface area (Å²) in [4.78, 5) is 11.8. The van der Waals surface area contributed by atoms with Crippen molar-refractivity contribution in [1.29, 1.82) is 0 Å². The SMILES string of the molecule is CC1(C)C[C@@H]2C[C@@H](COC(=O)c3ccccc3)O[C@@H]2O1. The van der Waals surface area contributed by atoms with Crippen molar-refractivity contribution in [3.63, 3.8) is 0 Å². The molecule has 4 heteroatoms. The van der Waals surface area contributed by atoms with E-state index in [1.807, 2.05) is 18.2 Å². The number of hydrogen-bond donors (Lipinski definition) is 0. The number of fused-ring (bicyclic) bond motifs is 1. The molecule has 0 amide bonds. The Morgan fingerprint density at radius 3 is 2.80 bits per heavy atom. The van der Waals surface area contributed by atoms with Crippen LogP contribution in [0.4, 0.5) is 0 Å². The van der Waals surface area contributed by atoms with Gasteiger partial charge in [0.1, 0.15) is 6.61 Å². The molecule has 1 aromatic carbocycles. The fourth-order valence-corrected chi connectivity index (χ4v) is 3.04. The highest BCUT2D eigenvalue weighted by atomic mass is 16.7. The Labute approximate surface area is 119 Å². The van der Waals surface area contributed by atoms with Gasteiger partial charge in [0, 0.05) is 5.92 Å². The van der Waals surface area contributed by atoms with Gasteiger partial charge in [-0.2, -0.15) is 0 Å². The molecule has 0 saturated carbocycles. The molecule has 3 atom stereocenters. The Bertz CT molecular complexity index is 467. The molecule has 0 bridgehead atoms. The molecule has 0 unspecified atom stereocenters.